The number of hydrogen-bond donors (Lipinski definition) is 1. The van der Waals surface area contributed by atoms with Crippen molar-refractivity contribution in [3.63, 3.8) is 0 Å². The molecule has 1 aliphatic rings. The van der Waals surface area contributed by atoms with Crippen LogP contribution < -0.4 is 10.6 Å². The number of anilines is 2. The second-order valence-corrected chi connectivity index (χ2v) is 5.16. The van der Waals surface area contributed by atoms with E-state index in [2.05, 4.69) is 16.0 Å². The first kappa shape index (κ1) is 11.3. The molecule has 0 bridgehead atoms. The summed E-state index contributed by atoms with van der Waals surface area (Å²) in [6.45, 7) is 1.72. The van der Waals surface area contributed by atoms with Crippen molar-refractivity contribution in [2.75, 3.05) is 17.2 Å². The summed E-state index contributed by atoms with van der Waals surface area (Å²) < 4.78 is 5.84. The third-order valence-corrected chi connectivity index (χ3v) is 3.80. The van der Waals surface area contributed by atoms with Gasteiger partial charge in [-0.1, -0.05) is 18.2 Å². The smallest absolute Gasteiger partial charge is 0.298 e. The minimum absolute atomic E-state index is 0.694. The summed E-state index contributed by atoms with van der Waals surface area (Å²) in [6, 6.07) is 14.7. The minimum Gasteiger partial charge on any atom is -0.423 e. The van der Waals surface area contributed by atoms with Crippen LogP contribution in [-0.4, -0.2) is 11.5 Å². The van der Waals surface area contributed by atoms with Crippen LogP contribution in [0.3, 0.4) is 0 Å². The second-order valence-electron chi connectivity index (χ2n) is 5.16. The van der Waals surface area contributed by atoms with Gasteiger partial charge in [-0.15, -0.1) is 0 Å². The fraction of sp³-hybridized carbons (Fsp3) is 0.188. The molecule has 20 heavy (non-hydrogen) atoms. The highest BCUT2D eigenvalue weighted by atomic mass is 16.4. The monoisotopic (exact) mass is 265 g/mol. The highest BCUT2D eigenvalue weighted by Crippen LogP contribution is 2.27. The van der Waals surface area contributed by atoms with Crippen molar-refractivity contribution in [2.24, 2.45) is 0 Å². The molecule has 0 spiro atoms. The number of benzene rings is 2. The summed E-state index contributed by atoms with van der Waals surface area (Å²) in [5, 5.41) is 0. The number of hydrogen-bond acceptors (Lipinski definition) is 4. The van der Waals surface area contributed by atoms with E-state index < -0.39 is 0 Å². The van der Waals surface area contributed by atoms with E-state index in [0.29, 0.717) is 6.01 Å². The summed E-state index contributed by atoms with van der Waals surface area (Å²) in [5.74, 6) is 0. The van der Waals surface area contributed by atoms with Crippen LogP contribution in [0.1, 0.15) is 11.1 Å². The van der Waals surface area contributed by atoms with E-state index in [9.17, 15) is 0 Å². The summed E-state index contributed by atoms with van der Waals surface area (Å²) in [5.41, 5.74) is 11.0. The molecule has 2 heterocycles. The van der Waals surface area contributed by atoms with Crippen LogP contribution in [0, 0.1) is 0 Å². The number of aromatic nitrogens is 1. The molecule has 0 saturated heterocycles. The standard InChI is InChI=1S/C16H15N3O/c17-13-6-5-11-7-8-19(10-12(11)9-13)16-18-14-3-1-2-4-15(14)20-16/h1-6,9H,7-8,10,17H2. The Morgan fingerprint density at radius 2 is 2.00 bits per heavy atom. The molecule has 2 N–H and O–H groups in total. The molecule has 0 radical (unpaired) electrons. The number of rotatable bonds is 1. The first-order valence-electron chi connectivity index (χ1n) is 6.77. The quantitative estimate of drug-likeness (QED) is 0.687. The maximum absolute atomic E-state index is 5.87. The number of nitrogens with two attached hydrogens (primary N) is 1. The molecule has 0 saturated carbocycles. The lowest BCUT2D eigenvalue weighted by molar-refractivity contribution is 0.554. The molecule has 0 unspecified atom stereocenters. The Labute approximate surface area is 116 Å². The zero-order chi connectivity index (χ0) is 13.5. The molecule has 4 heteroatoms. The van der Waals surface area contributed by atoms with Gasteiger partial charge in [0.25, 0.3) is 6.01 Å². The van der Waals surface area contributed by atoms with Crippen molar-refractivity contribution in [1.29, 1.82) is 0 Å². The van der Waals surface area contributed by atoms with Crippen LogP contribution in [-0.2, 0) is 13.0 Å². The Morgan fingerprint density at radius 1 is 1.10 bits per heavy atom. The Kier molecular flexibility index (Phi) is 2.42. The lowest BCUT2D eigenvalue weighted by atomic mass is 9.99. The molecule has 3 aromatic rings. The van der Waals surface area contributed by atoms with Gasteiger partial charge >= 0.3 is 0 Å². The predicted molar refractivity (Wildman–Crippen MR) is 79.6 cm³/mol. The summed E-state index contributed by atoms with van der Waals surface area (Å²) in [7, 11) is 0. The van der Waals surface area contributed by atoms with Crippen LogP contribution in [0.2, 0.25) is 0 Å². The zero-order valence-electron chi connectivity index (χ0n) is 11.0. The Balaban J connectivity index is 1.70. The van der Waals surface area contributed by atoms with E-state index in [4.69, 9.17) is 10.2 Å². The van der Waals surface area contributed by atoms with Gasteiger partial charge in [-0.05, 0) is 41.8 Å². The molecule has 0 fully saturated rings. The highest BCUT2D eigenvalue weighted by Gasteiger charge is 2.20. The summed E-state index contributed by atoms with van der Waals surface area (Å²) in [6.07, 6.45) is 0.994. The van der Waals surface area contributed by atoms with Gasteiger partial charge in [-0.2, -0.15) is 4.98 Å². The molecule has 2 aromatic carbocycles. The van der Waals surface area contributed by atoms with Crippen LogP contribution in [0.25, 0.3) is 11.1 Å². The topological polar surface area (TPSA) is 55.3 Å². The van der Waals surface area contributed by atoms with Crippen LogP contribution >= 0.6 is 0 Å². The van der Waals surface area contributed by atoms with Gasteiger partial charge in [0.2, 0.25) is 0 Å². The predicted octanol–water partition coefficient (Wildman–Crippen LogP) is 2.97. The van der Waals surface area contributed by atoms with E-state index in [1.807, 2.05) is 36.4 Å². The van der Waals surface area contributed by atoms with E-state index in [1.54, 1.807) is 0 Å². The molecule has 4 rings (SSSR count). The van der Waals surface area contributed by atoms with E-state index in [0.717, 1.165) is 36.3 Å². The van der Waals surface area contributed by atoms with Gasteiger partial charge in [0.15, 0.2) is 5.58 Å². The van der Waals surface area contributed by atoms with Crippen LogP contribution in [0.5, 0.6) is 0 Å². The van der Waals surface area contributed by atoms with Gasteiger partial charge < -0.3 is 15.1 Å². The average Bonchev–Trinajstić information content (AvgIpc) is 2.90. The molecule has 0 amide bonds. The normalized spacial score (nSPS) is 14.5. The molecule has 0 aliphatic carbocycles. The number of nitrogens with zero attached hydrogens (tertiary/aromatic N) is 2. The minimum atomic E-state index is 0.694. The van der Waals surface area contributed by atoms with Crippen molar-refractivity contribution in [2.45, 2.75) is 13.0 Å². The third kappa shape index (κ3) is 1.81. The Morgan fingerprint density at radius 3 is 2.90 bits per heavy atom. The molecular weight excluding hydrogens is 250 g/mol. The van der Waals surface area contributed by atoms with Crippen LogP contribution in [0.4, 0.5) is 11.7 Å². The Bertz CT molecular complexity index is 745. The molecule has 1 aromatic heterocycles. The fourth-order valence-electron chi connectivity index (χ4n) is 2.74. The second kappa shape index (κ2) is 4.27. The third-order valence-electron chi connectivity index (χ3n) is 3.80. The number of oxazole rings is 1. The van der Waals surface area contributed by atoms with Gasteiger partial charge in [0.1, 0.15) is 5.52 Å². The summed E-state index contributed by atoms with van der Waals surface area (Å²) in [4.78, 5) is 6.73. The largest absolute Gasteiger partial charge is 0.423 e. The number of para-hydroxylation sites is 2. The van der Waals surface area contributed by atoms with Gasteiger partial charge in [0, 0.05) is 18.8 Å². The van der Waals surface area contributed by atoms with Crippen molar-refractivity contribution >= 4 is 22.8 Å². The molecule has 0 atom stereocenters. The van der Waals surface area contributed by atoms with Crippen molar-refractivity contribution < 1.29 is 4.42 Å². The van der Waals surface area contributed by atoms with Crippen molar-refractivity contribution in [1.82, 2.24) is 4.98 Å². The van der Waals surface area contributed by atoms with Crippen LogP contribution in [0.15, 0.2) is 46.9 Å². The summed E-state index contributed by atoms with van der Waals surface area (Å²) >= 11 is 0. The first-order valence-corrected chi connectivity index (χ1v) is 6.77. The van der Waals surface area contributed by atoms with E-state index >= 15 is 0 Å². The zero-order valence-corrected chi connectivity index (χ0v) is 11.0. The number of fused-ring (bicyclic) bond motifs is 2. The molecule has 4 nitrogen and oxygen atoms in total. The van der Waals surface area contributed by atoms with Gasteiger partial charge in [-0.3, -0.25) is 0 Å². The average molecular weight is 265 g/mol. The first-order chi connectivity index (χ1) is 9.79. The fourth-order valence-corrected chi connectivity index (χ4v) is 2.74. The lowest BCUT2D eigenvalue weighted by Gasteiger charge is -2.27. The Hall–Kier alpha value is -2.49. The number of nitrogen functional groups attached to an aromatic ring is 1. The SMILES string of the molecule is Nc1ccc2c(c1)CN(c1nc3ccccc3o1)CC2. The molecule has 100 valence electrons. The van der Waals surface area contributed by atoms with E-state index in [1.165, 1.54) is 11.1 Å². The molecule has 1 aliphatic heterocycles. The molecular formula is C16H15N3O. The lowest BCUT2D eigenvalue weighted by Crippen LogP contribution is -2.30. The van der Waals surface area contributed by atoms with Gasteiger partial charge in [0.05, 0.1) is 0 Å². The maximum Gasteiger partial charge on any atom is 0.298 e. The maximum atomic E-state index is 5.87. The highest BCUT2D eigenvalue weighted by molar-refractivity contribution is 5.74. The van der Waals surface area contributed by atoms with Gasteiger partial charge in [-0.25, -0.2) is 0 Å². The van der Waals surface area contributed by atoms with Crippen molar-refractivity contribution in [3.8, 4) is 0 Å². The van der Waals surface area contributed by atoms with E-state index in [-0.39, 0.29) is 0 Å². The van der Waals surface area contributed by atoms with Crippen molar-refractivity contribution in [3.05, 3.63) is 53.6 Å².